The van der Waals surface area contributed by atoms with Crippen LogP contribution >= 0.6 is 0 Å². The van der Waals surface area contributed by atoms with Crippen LogP contribution in [0.3, 0.4) is 0 Å². The van der Waals surface area contributed by atoms with E-state index in [-0.39, 0.29) is 23.6 Å². The molecule has 152 valence electrons. The van der Waals surface area contributed by atoms with E-state index in [2.05, 4.69) is 0 Å². The normalized spacial score (nSPS) is 12.0. The first-order chi connectivity index (χ1) is 12.8. The zero-order valence-corrected chi connectivity index (χ0v) is 17.6. The minimum absolute atomic E-state index is 0.0152. The first-order valence-corrected chi connectivity index (χ1v) is 9.41. The van der Waals surface area contributed by atoms with E-state index in [1.165, 1.54) is 6.07 Å². The Bertz CT molecular complexity index is 873. The fourth-order valence-electron chi connectivity index (χ4n) is 3.34. The van der Waals surface area contributed by atoms with Crippen LogP contribution in [0.5, 0.6) is 0 Å². The predicted molar refractivity (Wildman–Crippen MR) is 110 cm³/mol. The summed E-state index contributed by atoms with van der Waals surface area (Å²) in [7, 11) is -1.89. The van der Waals surface area contributed by atoms with Gasteiger partial charge in [0.2, 0.25) is 0 Å². The molecule has 2 aromatic rings. The van der Waals surface area contributed by atoms with Crippen LogP contribution < -0.4 is 5.59 Å². The second-order valence-corrected chi connectivity index (χ2v) is 8.40. The molecule has 0 bridgehead atoms. The first kappa shape index (κ1) is 22.0. The fraction of sp³-hybridized carbons (Fsp3) is 0.500. The number of ether oxygens (including phenoxy) is 1. The van der Waals surface area contributed by atoms with Crippen LogP contribution in [0, 0.1) is 0 Å². The highest BCUT2D eigenvalue weighted by Crippen LogP contribution is 2.24. The summed E-state index contributed by atoms with van der Waals surface area (Å²) in [4.78, 5) is 27.7. The molecule has 2 N–H and O–H groups in total. The second kappa shape index (κ2) is 7.97. The van der Waals surface area contributed by atoms with Crippen molar-refractivity contribution in [3.05, 3.63) is 29.8 Å². The summed E-state index contributed by atoms with van der Waals surface area (Å²) in [5, 5.41) is 20.1. The molecule has 0 saturated heterocycles. The number of hydrogen-bond donors (Lipinski definition) is 2. The number of fused-ring (bicyclic) bond motifs is 1. The van der Waals surface area contributed by atoms with Crippen LogP contribution in [-0.4, -0.2) is 56.3 Å². The smallest absolute Gasteiger partial charge is 0.443 e. The average Bonchev–Trinajstić information content (AvgIpc) is 2.92. The Labute approximate surface area is 166 Å². The van der Waals surface area contributed by atoms with Gasteiger partial charge in [0.05, 0.1) is 11.1 Å². The lowest BCUT2D eigenvalue weighted by Gasteiger charge is -2.31. The van der Waals surface area contributed by atoms with Gasteiger partial charge >= 0.3 is 13.2 Å². The highest BCUT2D eigenvalue weighted by Gasteiger charge is 2.30. The van der Waals surface area contributed by atoms with Crippen molar-refractivity contribution in [2.75, 3.05) is 0 Å². The molecule has 0 aliphatic heterocycles. The number of nitrogens with zero attached hydrogens (tertiary/aromatic N) is 2. The minimum atomic E-state index is -1.89. The molecule has 0 fully saturated rings. The molecule has 1 aromatic carbocycles. The molecule has 0 unspecified atom stereocenters. The summed E-state index contributed by atoms with van der Waals surface area (Å²) < 4.78 is 6.52. The SMILES string of the molecule is CC(C)N(C(=O)c1cccc2c1cc(B(O)O)n2C(=O)OC(C)(C)C)C(C)C. The largest absolute Gasteiger partial charge is 0.506 e. The van der Waals surface area contributed by atoms with Crippen molar-refractivity contribution in [1.82, 2.24) is 9.47 Å². The van der Waals surface area contributed by atoms with Gasteiger partial charge in [0, 0.05) is 23.0 Å². The standard InChI is InChI=1S/C20H29BN2O5/c1-12(2)22(13(3)4)18(24)14-9-8-10-16-15(14)11-17(21(26)27)23(16)19(25)28-20(5,6)7/h8-13,26-27H,1-7H3. The summed E-state index contributed by atoms with van der Waals surface area (Å²) in [5.74, 6) is -0.184. The number of amides is 1. The molecule has 1 aromatic heterocycles. The Balaban J connectivity index is 2.69. The van der Waals surface area contributed by atoms with Crippen LogP contribution in [0.15, 0.2) is 24.3 Å². The Morgan fingerprint density at radius 1 is 1.11 bits per heavy atom. The third-order valence-corrected chi connectivity index (χ3v) is 4.29. The molecule has 0 aliphatic carbocycles. The Hall–Kier alpha value is -2.32. The maximum Gasteiger partial charge on any atom is 0.506 e. The zero-order chi connectivity index (χ0) is 21.4. The molecular weight excluding hydrogens is 359 g/mol. The van der Waals surface area contributed by atoms with E-state index in [0.717, 1.165) is 4.57 Å². The predicted octanol–water partition coefficient (Wildman–Crippen LogP) is 2.36. The molecule has 7 nitrogen and oxygen atoms in total. The van der Waals surface area contributed by atoms with Gasteiger partial charge in [0.25, 0.3) is 5.91 Å². The highest BCUT2D eigenvalue weighted by atomic mass is 16.6. The zero-order valence-electron chi connectivity index (χ0n) is 17.6. The van der Waals surface area contributed by atoms with Gasteiger partial charge in [-0.15, -0.1) is 0 Å². The van der Waals surface area contributed by atoms with Gasteiger partial charge in [0.1, 0.15) is 5.60 Å². The van der Waals surface area contributed by atoms with Crippen LogP contribution in [0.25, 0.3) is 10.9 Å². The number of hydrogen-bond acceptors (Lipinski definition) is 5. The van der Waals surface area contributed by atoms with Crippen molar-refractivity contribution in [2.24, 2.45) is 0 Å². The van der Waals surface area contributed by atoms with Crippen LogP contribution in [-0.2, 0) is 4.74 Å². The number of benzene rings is 1. The molecule has 0 radical (unpaired) electrons. The van der Waals surface area contributed by atoms with Crippen molar-refractivity contribution in [1.29, 1.82) is 0 Å². The summed E-state index contributed by atoms with van der Waals surface area (Å²) in [6.45, 7) is 12.9. The minimum Gasteiger partial charge on any atom is -0.443 e. The number of carbonyl (C=O) groups is 2. The molecule has 0 atom stereocenters. The topological polar surface area (TPSA) is 92.0 Å². The molecule has 2 rings (SSSR count). The number of rotatable bonds is 4. The summed E-state index contributed by atoms with van der Waals surface area (Å²) >= 11 is 0. The Morgan fingerprint density at radius 3 is 2.14 bits per heavy atom. The van der Waals surface area contributed by atoms with Crippen molar-refractivity contribution in [3.63, 3.8) is 0 Å². The summed E-state index contributed by atoms with van der Waals surface area (Å²) in [5.41, 5.74) is -0.0323. The van der Waals surface area contributed by atoms with Gasteiger partial charge in [-0.25, -0.2) is 4.79 Å². The van der Waals surface area contributed by atoms with Gasteiger partial charge in [-0.05, 0) is 66.7 Å². The highest BCUT2D eigenvalue weighted by molar-refractivity contribution is 6.59. The van der Waals surface area contributed by atoms with Crippen molar-refractivity contribution >= 4 is 35.6 Å². The maximum absolute atomic E-state index is 13.2. The van der Waals surface area contributed by atoms with Crippen molar-refractivity contribution < 1.29 is 24.4 Å². The molecule has 1 heterocycles. The monoisotopic (exact) mass is 388 g/mol. The van der Waals surface area contributed by atoms with E-state index < -0.39 is 18.8 Å². The van der Waals surface area contributed by atoms with Gasteiger partial charge in [-0.3, -0.25) is 9.36 Å². The molecule has 0 saturated carbocycles. The molecule has 8 heteroatoms. The van der Waals surface area contributed by atoms with Crippen molar-refractivity contribution in [3.8, 4) is 0 Å². The van der Waals surface area contributed by atoms with E-state index in [1.807, 2.05) is 27.7 Å². The first-order valence-electron chi connectivity index (χ1n) is 9.41. The Morgan fingerprint density at radius 2 is 1.68 bits per heavy atom. The lowest BCUT2D eigenvalue weighted by Crippen LogP contribution is -2.42. The van der Waals surface area contributed by atoms with Gasteiger partial charge in [-0.2, -0.15) is 0 Å². The van der Waals surface area contributed by atoms with E-state index in [0.29, 0.717) is 16.5 Å². The molecule has 1 amide bonds. The third-order valence-electron chi connectivity index (χ3n) is 4.29. The van der Waals surface area contributed by atoms with Crippen molar-refractivity contribution in [2.45, 2.75) is 66.2 Å². The molecule has 28 heavy (non-hydrogen) atoms. The molecule has 0 aliphatic rings. The fourth-order valence-corrected chi connectivity index (χ4v) is 3.34. The third kappa shape index (κ3) is 4.39. The summed E-state index contributed by atoms with van der Waals surface area (Å²) in [6.07, 6.45) is -0.736. The van der Waals surface area contributed by atoms with Crippen LogP contribution in [0.4, 0.5) is 4.79 Å². The molecule has 0 spiro atoms. The number of aromatic nitrogens is 1. The van der Waals surface area contributed by atoms with Crippen LogP contribution in [0.2, 0.25) is 0 Å². The second-order valence-electron chi connectivity index (χ2n) is 8.40. The van der Waals surface area contributed by atoms with Crippen LogP contribution in [0.1, 0.15) is 58.8 Å². The lowest BCUT2D eigenvalue weighted by atomic mass is 9.86. The van der Waals surface area contributed by atoms with Gasteiger partial charge in [0.15, 0.2) is 0 Å². The quantitative estimate of drug-likeness (QED) is 0.785. The van der Waals surface area contributed by atoms with E-state index in [9.17, 15) is 19.6 Å². The van der Waals surface area contributed by atoms with Gasteiger partial charge in [-0.1, -0.05) is 6.07 Å². The van der Waals surface area contributed by atoms with E-state index >= 15 is 0 Å². The summed E-state index contributed by atoms with van der Waals surface area (Å²) in [6, 6.07) is 6.42. The number of carbonyl (C=O) groups excluding carboxylic acids is 2. The maximum atomic E-state index is 13.2. The Kier molecular flexibility index (Phi) is 6.26. The molecular formula is C20H29BN2O5. The van der Waals surface area contributed by atoms with E-state index in [4.69, 9.17) is 4.74 Å². The lowest BCUT2D eigenvalue weighted by molar-refractivity contribution is 0.0546. The van der Waals surface area contributed by atoms with Gasteiger partial charge < -0.3 is 19.7 Å². The average molecular weight is 388 g/mol. The van der Waals surface area contributed by atoms with E-state index in [1.54, 1.807) is 43.9 Å².